The standard InChI is InChI=1S/C17H20O3/c1-3-5-13-6-7-15-12-16(9-8-14(15)11-13)20-17(18)19-10-4-2/h6-9,11-12H,3-5,10H2,1-2H3. The summed E-state index contributed by atoms with van der Waals surface area (Å²) in [5.74, 6) is 0.516. The van der Waals surface area contributed by atoms with E-state index in [9.17, 15) is 4.79 Å². The fourth-order valence-corrected chi connectivity index (χ4v) is 2.09. The number of hydrogen-bond donors (Lipinski definition) is 0. The molecule has 0 saturated heterocycles. The van der Waals surface area contributed by atoms with Crippen LogP contribution >= 0.6 is 0 Å². The van der Waals surface area contributed by atoms with Crippen molar-refractivity contribution < 1.29 is 14.3 Å². The molecule has 0 bridgehead atoms. The molecule has 0 fully saturated rings. The number of benzene rings is 2. The van der Waals surface area contributed by atoms with Crippen LogP contribution < -0.4 is 4.74 Å². The highest BCUT2D eigenvalue weighted by atomic mass is 16.7. The van der Waals surface area contributed by atoms with Gasteiger partial charge in [0.05, 0.1) is 6.61 Å². The van der Waals surface area contributed by atoms with Gasteiger partial charge in [-0.2, -0.15) is 0 Å². The molecule has 20 heavy (non-hydrogen) atoms. The third-order valence-electron chi connectivity index (χ3n) is 3.04. The Morgan fingerprint density at radius 2 is 1.75 bits per heavy atom. The van der Waals surface area contributed by atoms with Gasteiger partial charge < -0.3 is 9.47 Å². The maximum Gasteiger partial charge on any atom is 0.513 e. The second kappa shape index (κ2) is 6.94. The van der Waals surface area contributed by atoms with E-state index in [0.29, 0.717) is 12.4 Å². The molecule has 0 spiro atoms. The van der Waals surface area contributed by atoms with E-state index < -0.39 is 6.16 Å². The SMILES string of the molecule is CCCOC(=O)Oc1ccc2cc(CCC)ccc2c1. The van der Waals surface area contributed by atoms with Gasteiger partial charge in [-0.3, -0.25) is 0 Å². The molecule has 106 valence electrons. The van der Waals surface area contributed by atoms with Crippen molar-refractivity contribution >= 4 is 16.9 Å². The average molecular weight is 272 g/mol. The van der Waals surface area contributed by atoms with Gasteiger partial charge >= 0.3 is 6.16 Å². The van der Waals surface area contributed by atoms with Gasteiger partial charge in [0.15, 0.2) is 0 Å². The predicted octanol–water partition coefficient (Wildman–Crippen LogP) is 4.72. The summed E-state index contributed by atoms with van der Waals surface area (Å²) in [6.45, 7) is 4.49. The van der Waals surface area contributed by atoms with E-state index >= 15 is 0 Å². The van der Waals surface area contributed by atoms with E-state index in [0.717, 1.165) is 30.0 Å². The molecular weight excluding hydrogens is 252 g/mol. The molecule has 0 radical (unpaired) electrons. The molecule has 0 aliphatic rings. The molecule has 2 aromatic rings. The number of aryl methyl sites for hydroxylation is 1. The normalized spacial score (nSPS) is 10.5. The number of carbonyl (C=O) groups excluding carboxylic acids is 1. The summed E-state index contributed by atoms with van der Waals surface area (Å²) in [6, 6.07) is 12.0. The minimum atomic E-state index is -0.645. The highest BCUT2D eigenvalue weighted by Gasteiger charge is 2.06. The number of hydrogen-bond acceptors (Lipinski definition) is 3. The zero-order valence-corrected chi connectivity index (χ0v) is 12.0. The van der Waals surface area contributed by atoms with Crippen LogP contribution in [0.5, 0.6) is 5.75 Å². The van der Waals surface area contributed by atoms with Crippen LogP contribution in [0.15, 0.2) is 36.4 Å². The van der Waals surface area contributed by atoms with Crippen LogP contribution in [0, 0.1) is 0 Å². The highest BCUT2D eigenvalue weighted by Crippen LogP contribution is 2.23. The van der Waals surface area contributed by atoms with Crippen LogP contribution in [0.4, 0.5) is 4.79 Å². The van der Waals surface area contributed by atoms with Crippen LogP contribution in [-0.4, -0.2) is 12.8 Å². The molecule has 0 N–H and O–H groups in total. The third-order valence-corrected chi connectivity index (χ3v) is 3.04. The molecule has 3 nitrogen and oxygen atoms in total. The molecule has 2 rings (SSSR count). The summed E-state index contributed by atoms with van der Waals surface area (Å²) in [5, 5.41) is 2.22. The smallest absolute Gasteiger partial charge is 0.434 e. The Hall–Kier alpha value is -2.03. The topological polar surface area (TPSA) is 35.5 Å². The summed E-state index contributed by atoms with van der Waals surface area (Å²) in [6.07, 6.45) is 2.36. The number of ether oxygens (including phenoxy) is 2. The molecule has 0 aromatic heterocycles. The Kier molecular flexibility index (Phi) is 4.99. The van der Waals surface area contributed by atoms with E-state index in [2.05, 4.69) is 25.1 Å². The van der Waals surface area contributed by atoms with Gasteiger partial charge in [0.25, 0.3) is 0 Å². The van der Waals surface area contributed by atoms with Crippen molar-refractivity contribution in [3.8, 4) is 5.75 Å². The Morgan fingerprint density at radius 1 is 1.00 bits per heavy atom. The van der Waals surface area contributed by atoms with Gasteiger partial charge in [-0.1, -0.05) is 44.5 Å². The molecule has 0 heterocycles. The van der Waals surface area contributed by atoms with Gasteiger partial charge in [-0.05, 0) is 41.3 Å². The van der Waals surface area contributed by atoms with E-state index in [-0.39, 0.29) is 0 Å². The van der Waals surface area contributed by atoms with E-state index in [4.69, 9.17) is 9.47 Å². The largest absolute Gasteiger partial charge is 0.513 e. The molecule has 0 atom stereocenters. The maximum absolute atomic E-state index is 11.4. The Balaban J connectivity index is 2.13. The molecule has 2 aromatic carbocycles. The lowest BCUT2D eigenvalue weighted by Gasteiger charge is -2.07. The fraction of sp³-hybridized carbons (Fsp3) is 0.353. The quantitative estimate of drug-likeness (QED) is 0.583. The van der Waals surface area contributed by atoms with Crippen molar-refractivity contribution in [1.82, 2.24) is 0 Å². The van der Waals surface area contributed by atoms with Crippen LogP contribution in [0.25, 0.3) is 10.8 Å². The van der Waals surface area contributed by atoms with Gasteiger partial charge in [-0.15, -0.1) is 0 Å². The molecular formula is C17H20O3. The highest BCUT2D eigenvalue weighted by molar-refractivity contribution is 5.85. The second-order valence-corrected chi connectivity index (χ2v) is 4.79. The Bertz CT molecular complexity index is 590. The van der Waals surface area contributed by atoms with Gasteiger partial charge in [0.2, 0.25) is 0 Å². The first-order valence-corrected chi connectivity index (χ1v) is 7.10. The first-order valence-electron chi connectivity index (χ1n) is 7.10. The summed E-state index contributed by atoms with van der Waals surface area (Å²) in [7, 11) is 0. The zero-order valence-electron chi connectivity index (χ0n) is 12.0. The van der Waals surface area contributed by atoms with E-state index in [1.54, 1.807) is 6.07 Å². The van der Waals surface area contributed by atoms with Crippen molar-refractivity contribution in [2.45, 2.75) is 33.1 Å². The monoisotopic (exact) mass is 272 g/mol. The average Bonchev–Trinajstić information content (AvgIpc) is 2.45. The van der Waals surface area contributed by atoms with Gasteiger partial charge in [0.1, 0.15) is 5.75 Å². The minimum Gasteiger partial charge on any atom is -0.434 e. The van der Waals surface area contributed by atoms with Crippen LogP contribution in [-0.2, 0) is 11.2 Å². The lowest BCUT2D eigenvalue weighted by atomic mass is 10.0. The van der Waals surface area contributed by atoms with Crippen LogP contribution in [0.2, 0.25) is 0 Å². The summed E-state index contributed by atoms with van der Waals surface area (Å²) in [5.41, 5.74) is 1.33. The predicted molar refractivity (Wildman–Crippen MR) is 80.2 cm³/mol. The van der Waals surface area contributed by atoms with Crippen LogP contribution in [0.1, 0.15) is 32.3 Å². The molecule has 0 unspecified atom stereocenters. The fourth-order valence-electron chi connectivity index (χ4n) is 2.09. The second-order valence-electron chi connectivity index (χ2n) is 4.79. The van der Waals surface area contributed by atoms with Gasteiger partial charge in [0, 0.05) is 0 Å². The Morgan fingerprint density at radius 3 is 2.50 bits per heavy atom. The van der Waals surface area contributed by atoms with Crippen molar-refractivity contribution in [3.63, 3.8) is 0 Å². The molecule has 0 saturated carbocycles. The third kappa shape index (κ3) is 3.73. The minimum absolute atomic E-state index is 0.382. The van der Waals surface area contributed by atoms with E-state index in [1.807, 2.05) is 19.1 Å². The summed E-state index contributed by atoms with van der Waals surface area (Å²) < 4.78 is 10.0. The molecule has 3 heteroatoms. The van der Waals surface area contributed by atoms with Crippen molar-refractivity contribution in [2.75, 3.05) is 6.61 Å². The first kappa shape index (κ1) is 14.4. The zero-order chi connectivity index (χ0) is 14.4. The molecule has 0 aliphatic carbocycles. The Labute approximate surface area is 119 Å². The lowest BCUT2D eigenvalue weighted by molar-refractivity contribution is 0.0992. The lowest BCUT2D eigenvalue weighted by Crippen LogP contribution is -2.10. The maximum atomic E-state index is 11.4. The number of carbonyl (C=O) groups is 1. The van der Waals surface area contributed by atoms with Crippen molar-refractivity contribution in [2.24, 2.45) is 0 Å². The summed E-state index contributed by atoms with van der Waals surface area (Å²) >= 11 is 0. The van der Waals surface area contributed by atoms with E-state index in [1.165, 1.54) is 5.56 Å². The summed E-state index contributed by atoms with van der Waals surface area (Å²) in [4.78, 5) is 11.4. The van der Waals surface area contributed by atoms with Gasteiger partial charge in [-0.25, -0.2) is 4.79 Å². The first-order chi connectivity index (χ1) is 9.72. The molecule has 0 aliphatic heterocycles. The number of fused-ring (bicyclic) bond motifs is 1. The molecule has 0 amide bonds. The number of rotatable bonds is 5. The van der Waals surface area contributed by atoms with Crippen molar-refractivity contribution in [1.29, 1.82) is 0 Å². The van der Waals surface area contributed by atoms with Crippen LogP contribution in [0.3, 0.4) is 0 Å². The van der Waals surface area contributed by atoms with Crippen molar-refractivity contribution in [3.05, 3.63) is 42.0 Å².